The van der Waals surface area contributed by atoms with Crippen LogP contribution < -0.4 is 4.90 Å². The number of rotatable bonds is 4. The number of azide groups is 1. The lowest BCUT2D eigenvalue weighted by Crippen LogP contribution is -2.25. The third kappa shape index (κ3) is 2.62. The maximum absolute atomic E-state index is 13.6. The van der Waals surface area contributed by atoms with Gasteiger partial charge in [0.15, 0.2) is 0 Å². The van der Waals surface area contributed by atoms with Crippen LogP contribution in [0.4, 0.5) is 14.9 Å². The van der Waals surface area contributed by atoms with Gasteiger partial charge in [-0.25, -0.2) is 14.0 Å². The molecule has 1 aliphatic rings. The number of halogens is 1. The molecule has 0 spiro atoms. The van der Waals surface area contributed by atoms with Gasteiger partial charge in [-0.15, -0.1) is 0 Å². The summed E-state index contributed by atoms with van der Waals surface area (Å²) in [5, 5.41) is 12.0. The summed E-state index contributed by atoms with van der Waals surface area (Å²) in [6, 6.07) is 3.32. The van der Waals surface area contributed by atoms with Crippen molar-refractivity contribution >= 4 is 17.7 Å². The van der Waals surface area contributed by atoms with Crippen LogP contribution in [0.5, 0.6) is 0 Å². The van der Waals surface area contributed by atoms with Crippen LogP contribution in [0.3, 0.4) is 0 Å². The van der Waals surface area contributed by atoms with Crippen molar-refractivity contribution in [1.29, 1.82) is 0 Å². The van der Waals surface area contributed by atoms with Gasteiger partial charge in [0.2, 0.25) is 0 Å². The molecule has 2 rings (SSSR count). The topological polar surface area (TPSA) is 116 Å². The summed E-state index contributed by atoms with van der Waals surface area (Å²) in [4.78, 5) is 26.0. The molecule has 0 aromatic heterocycles. The third-order valence-electron chi connectivity index (χ3n) is 2.72. The summed E-state index contributed by atoms with van der Waals surface area (Å²) in [6.45, 7) is 0.0815. The van der Waals surface area contributed by atoms with Crippen molar-refractivity contribution in [3.05, 3.63) is 40.0 Å². The Bertz CT molecular complexity index is 614. The Balaban J connectivity index is 2.20. The molecule has 9 heteroatoms. The minimum atomic E-state index is -1.39. The molecule has 1 amide bonds. The fourth-order valence-corrected chi connectivity index (χ4v) is 1.80. The number of nitrogens with zero attached hydrogens (tertiary/aromatic N) is 4. The lowest BCUT2D eigenvalue weighted by molar-refractivity contribution is 0.0692. The Kier molecular flexibility index (Phi) is 3.72. The van der Waals surface area contributed by atoms with Gasteiger partial charge < -0.3 is 9.84 Å². The molecule has 1 N–H and O–H groups in total. The van der Waals surface area contributed by atoms with Crippen LogP contribution in [0.1, 0.15) is 10.4 Å². The van der Waals surface area contributed by atoms with Gasteiger partial charge in [0.25, 0.3) is 0 Å². The van der Waals surface area contributed by atoms with E-state index in [1.54, 1.807) is 0 Å². The number of carbonyl (C=O) groups is 2. The lowest BCUT2D eigenvalue weighted by Gasteiger charge is -2.13. The van der Waals surface area contributed by atoms with Gasteiger partial charge in [-0.3, -0.25) is 4.90 Å². The van der Waals surface area contributed by atoms with Gasteiger partial charge >= 0.3 is 12.1 Å². The normalized spacial score (nSPS) is 17.6. The number of hydrogen-bond acceptors (Lipinski definition) is 4. The first-order valence-electron chi connectivity index (χ1n) is 5.54. The Morgan fingerprint density at radius 1 is 1.65 bits per heavy atom. The molecule has 1 aromatic rings. The Morgan fingerprint density at radius 3 is 3.00 bits per heavy atom. The van der Waals surface area contributed by atoms with Gasteiger partial charge in [0.1, 0.15) is 11.9 Å². The molecule has 0 bridgehead atoms. The molecule has 0 unspecified atom stereocenters. The van der Waals surface area contributed by atoms with Crippen molar-refractivity contribution < 1.29 is 23.8 Å². The van der Waals surface area contributed by atoms with E-state index < -0.39 is 29.5 Å². The van der Waals surface area contributed by atoms with E-state index in [2.05, 4.69) is 10.0 Å². The molecule has 104 valence electrons. The van der Waals surface area contributed by atoms with Crippen LogP contribution in [0, 0.1) is 5.82 Å². The average Bonchev–Trinajstić information content (AvgIpc) is 2.77. The van der Waals surface area contributed by atoms with E-state index in [1.807, 2.05) is 0 Å². The Labute approximate surface area is 112 Å². The molecule has 20 heavy (non-hydrogen) atoms. The largest absolute Gasteiger partial charge is 0.478 e. The summed E-state index contributed by atoms with van der Waals surface area (Å²) < 4.78 is 18.5. The van der Waals surface area contributed by atoms with E-state index in [4.69, 9.17) is 15.4 Å². The highest BCUT2D eigenvalue weighted by Crippen LogP contribution is 2.24. The van der Waals surface area contributed by atoms with Crippen molar-refractivity contribution in [2.24, 2.45) is 5.11 Å². The molecule has 8 nitrogen and oxygen atoms in total. The summed E-state index contributed by atoms with van der Waals surface area (Å²) in [7, 11) is 0. The predicted octanol–water partition coefficient (Wildman–Crippen LogP) is 2.16. The smallest absolute Gasteiger partial charge is 0.414 e. The van der Waals surface area contributed by atoms with Crippen LogP contribution in [0.25, 0.3) is 10.4 Å². The van der Waals surface area contributed by atoms with Gasteiger partial charge in [-0.05, 0) is 23.7 Å². The molecule has 0 saturated carbocycles. The molecule has 1 aliphatic heterocycles. The summed E-state index contributed by atoms with van der Waals surface area (Å²) >= 11 is 0. The zero-order valence-corrected chi connectivity index (χ0v) is 10.1. The first-order valence-corrected chi connectivity index (χ1v) is 5.54. The SMILES string of the molecule is [N-]=[N+]=NC[C@H]1CN(c2ccc(C(=O)O)c(F)c2)C(=O)O1. The third-order valence-corrected chi connectivity index (χ3v) is 2.72. The number of cyclic esters (lactones) is 1. The fraction of sp³-hybridized carbons (Fsp3) is 0.273. The zero-order valence-electron chi connectivity index (χ0n) is 10.1. The summed E-state index contributed by atoms with van der Waals surface area (Å²) in [5.74, 6) is -2.33. The van der Waals surface area contributed by atoms with Crippen LogP contribution in [-0.2, 0) is 4.74 Å². The first kappa shape index (κ1) is 13.6. The van der Waals surface area contributed by atoms with Gasteiger partial charge in [0.05, 0.1) is 24.3 Å². The lowest BCUT2D eigenvalue weighted by atomic mass is 10.2. The number of benzene rings is 1. The quantitative estimate of drug-likeness (QED) is 0.516. The van der Waals surface area contributed by atoms with Crippen LogP contribution in [0.2, 0.25) is 0 Å². The fourth-order valence-electron chi connectivity index (χ4n) is 1.80. The van der Waals surface area contributed by atoms with E-state index in [0.29, 0.717) is 0 Å². The average molecular weight is 280 g/mol. The second kappa shape index (κ2) is 5.45. The molecule has 0 radical (unpaired) electrons. The predicted molar refractivity (Wildman–Crippen MR) is 65.0 cm³/mol. The number of aromatic carboxylic acids is 1. The number of ether oxygens (including phenoxy) is 1. The molecule has 1 fully saturated rings. The van der Waals surface area contributed by atoms with E-state index in [0.717, 1.165) is 17.0 Å². The van der Waals surface area contributed by atoms with E-state index in [9.17, 15) is 14.0 Å². The minimum Gasteiger partial charge on any atom is -0.478 e. The standard InChI is InChI=1S/C11H9FN4O4/c12-9-3-6(1-2-8(9)10(17)18)16-5-7(4-14-15-13)20-11(16)19/h1-3,7H,4-5H2,(H,17,18)/t7-/m0/s1. The molecule has 1 saturated heterocycles. The number of amides is 1. The first-order chi connectivity index (χ1) is 9.52. The maximum atomic E-state index is 13.6. The number of carboxylic acids is 1. The van der Waals surface area contributed by atoms with E-state index in [1.165, 1.54) is 6.07 Å². The number of carbonyl (C=O) groups excluding carboxylic acids is 1. The van der Waals surface area contributed by atoms with Crippen LogP contribution >= 0.6 is 0 Å². The van der Waals surface area contributed by atoms with Gasteiger partial charge in [-0.1, -0.05) is 5.11 Å². The van der Waals surface area contributed by atoms with Crippen molar-refractivity contribution in [2.75, 3.05) is 18.0 Å². The Morgan fingerprint density at radius 2 is 2.40 bits per heavy atom. The van der Waals surface area contributed by atoms with Crippen LogP contribution in [-0.4, -0.2) is 36.4 Å². The van der Waals surface area contributed by atoms with Gasteiger partial charge in [-0.2, -0.15) is 0 Å². The zero-order chi connectivity index (χ0) is 14.7. The molecule has 0 aliphatic carbocycles. The van der Waals surface area contributed by atoms with E-state index >= 15 is 0 Å². The highest BCUT2D eigenvalue weighted by Gasteiger charge is 2.32. The molecule has 1 atom stereocenters. The van der Waals surface area contributed by atoms with Crippen LogP contribution in [0.15, 0.2) is 23.3 Å². The van der Waals surface area contributed by atoms with Crippen molar-refractivity contribution in [3.8, 4) is 0 Å². The molecular weight excluding hydrogens is 271 g/mol. The maximum Gasteiger partial charge on any atom is 0.414 e. The van der Waals surface area contributed by atoms with Gasteiger partial charge in [0, 0.05) is 4.91 Å². The highest BCUT2D eigenvalue weighted by molar-refractivity contribution is 5.92. The van der Waals surface area contributed by atoms with Crippen molar-refractivity contribution in [1.82, 2.24) is 0 Å². The minimum absolute atomic E-state index is 0.0194. The molecule has 1 heterocycles. The van der Waals surface area contributed by atoms with E-state index in [-0.39, 0.29) is 18.8 Å². The van der Waals surface area contributed by atoms with Crippen molar-refractivity contribution in [2.45, 2.75) is 6.10 Å². The number of hydrogen-bond donors (Lipinski definition) is 1. The molecular formula is C11H9FN4O4. The summed E-state index contributed by atoms with van der Waals surface area (Å²) in [5.41, 5.74) is 7.90. The second-order valence-corrected chi connectivity index (χ2v) is 4.00. The monoisotopic (exact) mass is 280 g/mol. The molecule has 1 aromatic carbocycles. The number of carboxylic acid groups (broad SMARTS) is 1. The Hall–Kier alpha value is -2.80. The second-order valence-electron chi connectivity index (χ2n) is 4.00. The highest BCUT2D eigenvalue weighted by atomic mass is 19.1. The summed E-state index contributed by atoms with van der Waals surface area (Å²) in [6.07, 6.45) is -1.31. The number of anilines is 1. The van der Waals surface area contributed by atoms with Crippen molar-refractivity contribution in [3.63, 3.8) is 0 Å².